The van der Waals surface area contributed by atoms with E-state index < -0.39 is 0 Å². The van der Waals surface area contributed by atoms with Crippen molar-refractivity contribution >= 4 is 11.3 Å². The summed E-state index contributed by atoms with van der Waals surface area (Å²) in [6.07, 6.45) is 6.64. The molecule has 25 heavy (non-hydrogen) atoms. The van der Waals surface area contributed by atoms with Gasteiger partial charge >= 0.3 is 0 Å². The van der Waals surface area contributed by atoms with Gasteiger partial charge in [0.25, 0.3) is 0 Å². The SMILES string of the molecule is c1sc(CN2CCN(C3CCOCC3)CC2)cc1CN1CCCCC1. The number of hydrogen-bond acceptors (Lipinski definition) is 5. The normalized spacial score (nSPS) is 25.4. The van der Waals surface area contributed by atoms with Gasteiger partial charge in [0, 0.05) is 63.4 Å². The number of thiophene rings is 1. The van der Waals surface area contributed by atoms with Crippen LogP contribution < -0.4 is 0 Å². The first kappa shape index (κ1) is 17.9. The van der Waals surface area contributed by atoms with Crippen LogP contribution in [0.2, 0.25) is 0 Å². The zero-order chi connectivity index (χ0) is 16.9. The predicted octanol–water partition coefficient (Wildman–Crippen LogP) is 3.03. The minimum absolute atomic E-state index is 0.772. The van der Waals surface area contributed by atoms with Crippen LogP contribution in [0, 0.1) is 0 Å². The summed E-state index contributed by atoms with van der Waals surface area (Å²) >= 11 is 1.96. The summed E-state index contributed by atoms with van der Waals surface area (Å²) < 4.78 is 5.51. The summed E-state index contributed by atoms with van der Waals surface area (Å²) in [6, 6.07) is 3.23. The lowest BCUT2D eigenvalue weighted by atomic mass is 10.1. The topological polar surface area (TPSA) is 19.0 Å². The lowest BCUT2D eigenvalue weighted by Crippen LogP contribution is -2.51. The Bertz CT molecular complexity index is 515. The van der Waals surface area contributed by atoms with E-state index in [1.54, 1.807) is 4.88 Å². The molecule has 0 bridgehead atoms. The second kappa shape index (κ2) is 8.96. The molecule has 4 heterocycles. The first-order chi connectivity index (χ1) is 12.4. The molecule has 0 amide bonds. The highest BCUT2D eigenvalue weighted by atomic mass is 32.1. The van der Waals surface area contributed by atoms with E-state index in [0.717, 1.165) is 32.3 Å². The Morgan fingerprint density at radius 2 is 1.60 bits per heavy atom. The van der Waals surface area contributed by atoms with Gasteiger partial charge in [0.2, 0.25) is 0 Å². The maximum Gasteiger partial charge on any atom is 0.0480 e. The van der Waals surface area contributed by atoms with Gasteiger partial charge in [0.05, 0.1) is 0 Å². The van der Waals surface area contributed by atoms with Crippen LogP contribution in [0.4, 0.5) is 0 Å². The molecule has 0 aromatic carbocycles. The Kier molecular flexibility index (Phi) is 6.42. The molecule has 4 rings (SSSR count). The van der Waals surface area contributed by atoms with Crippen LogP contribution in [-0.4, -0.2) is 73.2 Å². The van der Waals surface area contributed by atoms with E-state index in [4.69, 9.17) is 4.74 Å². The van der Waals surface area contributed by atoms with E-state index in [1.165, 1.54) is 76.9 Å². The van der Waals surface area contributed by atoms with E-state index in [1.807, 2.05) is 11.3 Å². The Morgan fingerprint density at radius 1 is 0.880 bits per heavy atom. The zero-order valence-corrected chi connectivity index (χ0v) is 16.3. The Hall–Kier alpha value is -0.460. The van der Waals surface area contributed by atoms with Gasteiger partial charge in [-0.1, -0.05) is 6.42 Å². The predicted molar refractivity (Wildman–Crippen MR) is 104 cm³/mol. The molecule has 3 aliphatic rings. The molecule has 0 spiro atoms. The quantitative estimate of drug-likeness (QED) is 0.800. The van der Waals surface area contributed by atoms with Gasteiger partial charge in [0.1, 0.15) is 0 Å². The highest BCUT2D eigenvalue weighted by Gasteiger charge is 2.25. The van der Waals surface area contributed by atoms with Crippen molar-refractivity contribution in [3.05, 3.63) is 21.9 Å². The molecule has 0 N–H and O–H groups in total. The van der Waals surface area contributed by atoms with Gasteiger partial charge in [-0.15, -0.1) is 11.3 Å². The van der Waals surface area contributed by atoms with Crippen molar-refractivity contribution in [1.82, 2.24) is 14.7 Å². The highest BCUT2D eigenvalue weighted by Crippen LogP contribution is 2.22. The van der Waals surface area contributed by atoms with Gasteiger partial charge < -0.3 is 4.74 Å². The minimum atomic E-state index is 0.772. The van der Waals surface area contributed by atoms with Crippen LogP contribution in [0.3, 0.4) is 0 Å². The molecule has 0 aliphatic carbocycles. The first-order valence-electron chi connectivity index (χ1n) is 10.2. The molecule has 3 fully saturated rings. The van der Waals surface area contributed by atoms with Gasteiger partial charge in [0.15, 0.2) is 0 Å². The van der Waals surface area contributed by atoms with Gasteiger partial charge in [-0.25, -0.2) is 0 Å². The fourth-order valence-electron chi connectivity index (χ4n) is 4.53. The Morgan fingerprint density at radius 3 is 2.36 bits per heavy atom. The maximum absolute atomic E-state index is 5.51. The number of piperidine rings is 1. The van der Waals surface area contributed by atoms with Gasteiger partial charge in [-0.2, -0.15) is 0 Å². The van der Waals surface area contributed by atoms with Crippen LogP contribution in [-0.2, 0) is 17.8 Å². The molecular weight excluding hydrogens is 330 g/mol. The van der Waals surface area contributed by atoms with Gasteiger partial charge in [-0.05, 0) is 55.8 Å². The minimum Gasteiger partial charge on any atom is -0.381 e. The molecule has 140 valence electrons. The number of hydrogen-bond donors (Lipinski definition) is 0. The van der Waals surface area contributed by atoms with Crippen molar-refractivity contribution < 1.29 is 4.74 Å². The Balaban J connectivity index is 1.22. The number of ether oxygens (including phenoxy) is 1. The molecule has 1 aromatic rings. The fourth-order valence-corrected chi connectivity index (χ4v) is 5.45. The van der Waals surface area contributed by atoms with E-state index in [0.29, 0.717) is 0 Å². The standard InChI is InChI=1S/C20H33N3OS/c1-2-6-21(7-3-1)15-18-14-20(25-17-18)16-22-8-10-23(11-9-22)19-4-12-24-13-5-19/h14,17,19H,1-13,15-16H2. The zero-order valence-electron chi connectivity index (χ0n) is 15.5. The number of rotatable bonds is 5. The molecule has 0 unspecified atom stereocenters. The van der Waals surface area contributed by atoms with Crippen molar-refractivity contribution in [3.63, 3.8) is 0 Å². The lowest BCUT2D eigenvalue weighted by Gasteiger charge is -2.40. The molecule has 1 aromatic heterocycles. The summed E-state index contributed by atoms with van der Waals surface area (Å²) in [7, 11) is 0. The molecular formula is C20H33N3OS. The van der Waals surface area contributed by atoms with Crippen LogP contribution in [0.25, 0.3) is 0 Å². The molecule has 3 aliphatic heterocycles. The van der Waals surface area contributed by atoms with E-state index in [9.17, 15) is 0 Å². The smallest absolute Gasteiger partial charge is 0.0480 e. The van der Waals surface area contributed by atoms with Crippen molar-refractivity contribution in [1.29, 1.82) is 0 Å². The van der Waals surface area contributed by atoms with E-state index >= 15 is 0 Å². The Labute approximate surface area is 156 Å². The average Bonchev–Trinajstić information content (AvgIpc) is 3.11. The molecule has 0 radical (unpaired) electrons. The maximum atomic E-state index is 5.51. The molecule has 0 atom stereocenters. The number of likely N-dealkylation sites (tertiary alicyclic amines) is 1. The van der Waals surface area contributed by atoms with Gasteiger partial charge in [-0.3, -0.25) is 14.7 Å². The van der Waals surface area contributed by atoms with Crippen LogP contribution in [0.15, 0.2) is 11.4 Å². The largest absolute Gasteiger partial charge is 0.381 e. The molecule has 0 saturated carbocycles. The van der Waals surface area contributed by atoms with E-state index in [2.05, 4.69) is 26.1 Å². The third-order valence-corrected chi connectivity index (χ3v) is 7.03. The van der Waals surface area contributed by atoms with Crippen molar-refractivity contribution in [3.8, 4) is 0 Å². The summed E-state index contributed by atoms with van der Waals surface area (Å²) in [5.74, 6) is 0. The summed E-state index contributed by atoms with van der Waals surface area (Å²) in [5, 5.41) is 2.39. The average molecular weight is 364 g/mol. The summed E-state index contributed by atoms with van der Waals surface area (Å²) in [4.78, 5) is 9.52. The highest BCUT2D eigenvalue weighted by molar-refractivity contribution is 7.10. The summed E-state index contributed by atoms with van der Waals surface area (Å²) in [5.41, 5.74) is 1.53. The van der Waals surface area contributed by atoms with Crippen LogP contribution in [0.1, 0.15) is 42.5 Å². The lowest BCUT2D eigenvalue weighted by molar-refractivity contribution is 0.0127. The molecule has 5 heteroatoms. The molecule has 4 nitrogen and oxygen atoms in total. The summed E-state index contributed by atoms with van der Waals surface area (Å²) in [6.45, 7) is 11.7. The third kappa shape index (κ3) is 5.04. The fraction of sp³-hybridized carbons (Fsp3) is 0.800. The molecule has 3 saturated heterocycles. The monoisotopic (exact) mass is 363 g/mol. The van der Waals surface area contributed by atoms with Crippen molar-refractivity contribution in [2.45, 2.75) is 51.2 Å². The van der Waals surface area contributed by atoms with Crippen LogP contribution in [0.5, 0.6) is 0 Å². The number of piperazine rings is 1. The van der Waals surface area contributed by atoms with Crippen LogP contribution >= 0.6 is 11.3 Å². The second-order valence-corrected chi connectivity index (χ2v) is 8.91. The third-order valence-electron chi connectivity index (χ3n) is 6.06. The first-order valence-corrected chi connectivity index (χ1v) is 11.1. The van der Waals surface area contributed by atoms with E-state index in [-0.39, 0.29) is 0 Å². The second-order valence-electron chi connectivity index (χ2n) is 7.91. The number of nitrogens with zero attached hydrogens (tertiary/aromatic N) is 3. The van der Waals surface area contributed by atoms with Crippen molar-refractivity contribution in [2.24, 2.45) is 0 Å². The van der Waals surface area contributed by atoms with Crippen molar-refractivity contribution in [2.75, 3.05) is 52.5 Å².